The van der Waals surface area contributed by atoms with Crippen molar-refractivity contribution in [3.63, 3.8) is 0 Å². The van der Waals surface area contributed by atoms with Crippen molar-refractivity contribution in [2.24, 2.45) is 0 Å². The minimum absolute atomic E-state index is 0.0687. The Balaban J connectivity index is 1.26. The molecule has 1 amide bonds. The van der Waals surface area contributed by atoms with Gasteiger partial charge in [-0.25, -0.2) is 9.97 Å². The number of imidazole rings is 1. The molecule has 3 aromatic heterocycles. The number of hydrogen-bond acceptors (Lipinski definition) is 6. The van der Waals surface area contributed by atoms with Gasteiger partial charge < -0.3 is 14.5 Å². The molecule has 3 aromatic rings. The van der Waals surface area contributed by atoms with Gasteiger partial charge in [0, 0.05) is 37.7 Å². The monoisotopic (exact) mass is 467 g/mol. The normalized spacial score (nSPS) is 16.8. The Morgan fingerprint density at radius 1 is 1.15 bits per heavy atom. The molecule has 5 rings (SSSR count). The standard InChI is InChI=1S/C24H33N7OS/c1-16-15-18(21-22(26-16)30-14-7-3-4-11-19(30)27-21)23(32)25-13-8-12-20-28-29-24(33-2)31(20)17-9-5-6-10-17/h15,17H,3-14H2,1-2H3,(H,25,32). The maximum atomic E-state index is 13.1. The zero-order valence-electron chi connectivity index (χ0n) is 19.6. The van der Waals surface area contributed by atoms with E-state index in [-0.39, 0.29) is 5.91 Å². The van der Waals surface area contributed by atoms with Gasteiger partial charge in [-0.3, -0.25) is 4.79 Å². The van der Waals surface area contributed by atoms with E-state index in [1.165, 1.54) is 32.1 Å². The van der Waals surface area contributed by atoms with Crippen LogP contribution in [0.15, 0.2) is 11.2 Å². The second-order valence-corrected chi connectivity index (χ2v) is 10.0. The summed E-state index contributed by atoms with van der Waals surface area (Å²) in [4.78, 5) is 22.7. The lowest BCUT2D eigenvalue weighted by atomic mass is 10.1. The van der Waals surface area contributed by atoms with Gasteiger partial charge in [0.15, 0.2) is 10.8 Å². The first kappa shape index (κ1) is 22.4. The van der Waals surface area contributed by atoms with Crippen LogP contribution >= 0.6 is 11.8 Å². The fourth-order valence-corrected chi connectivity index (χ4v) is 5.85. The van der Waals surface area contributed by atoms with Crippen molar-refractivity contribution in [3.05, 3.63) is 29.0 Å². The summed E-state index contributed by atoms with van der Waals surface area (Å²) in [7, 11) is 0. The molecular weight excluding hydrogens is 434 g/mol. The topological polar surface area (TPSA) is 90.5 Å². The highest BCUT2D eigenvalue weighted by Gasteiger charge is 2.24. The van der Waals surface area contributed by atoms with E-state index in [1.54, 1.807) is 11.8 Å². The van der Waals surface area contributed by atoms with Gasteiger partial charge in [0.2, 0.25) is 0 Å². The summed E-state index contributed by atoms with van der Waals surface area (Å²) in [6.45, 7) is 3.48. The molecule has 1 fully saturated rings. The zero-order chi connectivity index (χ0) is 22.8. The van der Waals surface area contributed by atoms with Crippen molar-refractivity contribution >= 4 is 28.8 Å². The molecule has 8 nitrogen and oxygen atoms in total. The number of thioether (sulfide) groups is 1. The second-order valence-electron chi connectivity index (χ2n) is 9.24. The Hall–Kier alpha value is -2.42. The van der Waals surface area contributed by atoms with E-state index in [2.05, 4.69) is 30.9 Å². The molecule has 0 atom stereocenters. The number of hydrogen-bond donors (Lipinski definition) is 1. The highest BCUT2D eigenvalue weighted by atomic mass is 32.2. The number of nitrogens with zero attached hydrogens (tertiary/aromatic N) is 6. The van der Waals surface area contributed by atoms with Crippen LogP contribution in [0.1, 0.15) is 85.1 Å². The number of rotatable bonds is 7. The third kappa shape index (κ3) is 4.52. The molecule has 176 valence electrons. The van der Waals surface area contributed by atoms with Gasteiger partial charge in [-0.2, -0.15) is 0 Å². The first-order valence-electron chi connectivity index (χ1n) is 12.3. The Bertz CT molecular complexity index is 1150. The predicted octanol–water partition coefficient (Wildman–Crippen LogP) is 4.26. The van der Waals surface area contributed by atoms with Crippen LogP contribution in [0.5, 0.6) is 0 Å². The molecule has 33 heavy (non-hydrogen) atoms. The van der Waals surface area contributed by atoms with E-state index in [4.69, 9.17) is 9.97 Å². The van der Waals surface area contributed by atoms with Crippen molar-refractivity contribution in [2.45, 2.75) is 88.9 Å². The van der Waals surface area contributed by atoms with Crippen LogP contribution in [-0.2, 0) is 19.4 Å². The number of carbonyl (C=O) groups excluding carboxylic acids is 1. The summed E-state index contributed by atoms with van der Waals surface area (Å²) in [5.74, 6) is 2.03. The second kappa shape index (κ2) is 9.83. The number of aromatic nitrogens is 6. The molecule has 0 radical (unpaired) electrons. The fourth-order valence-electron chi connectivity index (χ4n) is 5.28. The molecule has 0 aromatic carbocycles. The minimum atomic E-state index is -0.0687. The van der Waals surface area contributed by atoms with Crippen molar-refractivity contribution in [3.8, 4) is 0 Å². The maximum absolute atomic E-state index is 13.1. The average molecular weight is 468 g/mol. The molecule has 0 spiro atoms. The summed E-state index contributed by atoms with van der Waals surface area (Å²) >= 11 is 1.66. The highest BCUT2D eigenvalue weighted by molar-refractivity contribution is 7.98. The van der Waals surface area contributed by atoms with Crippen LogP contribution in [0, 0.1) is 6.92 Å². The fraction of sp³-hybridized carbons (Fsp3) is 0.625. The summed E-state index contributed by atoms with van der Waals surface area (Å²) in [5.41, 5.74) is 3.08. The van der Waals surface area contributed by atoms with Crippen molar-refractivity contribution in [2.75, 3.05) is 12.8 Å². The molecule has 2 aliphatic rings. The molecule has 9 heteroatoms. The van der Waals surface area contributed by atoms with E-state index in [1.807, 2.05) is 13.0 Å². The number of aryl methyl sites for hydroxylation is 4. The van der Waals surface area contributed by atoms with Crippen LogP contribution in [0.4, 0.5) is 0 Å². The number of nitrogens with one attached hydrogen (secondary N) is 1. The Morgan fingerprint density at radius 2 is 2.00 bits per heavy atom. The lowest BCUT2D eigenvalue weighted by Gasteiger charge is -2.16. The minimum Gasteiger partial charge on any atom is -0.352 e. The van der Waals surface area contributed by atoms with Crippen LogP contribution in [0.2, 0.25) is 0 Å². The first-order valence-corrected chi connectivity index (χ1v) is 13.5. The molecule has 1 saturated carbocycles. The number of pyridine rings is 1. The summed E-state index contributed by atoms with van der Waals surface area (Å²) in [6, 6.07) is 2.39. The van der Waals surface area contributed by atoms with E-state index in [0.717, 1.165) is 72.3 Å². The predicted molar refractivity (Wildman–Crippen MR) is 130 cm³/mol. The van der Waals surface area contributed by atoms with Crippen LogP contribution < -0.4 is 5.32 Å². The quantitative estimate of drug-likeness (QED) is 0.412. The summed E-state index contributed by atoms with van der Waals surface area (Å²) in [6.07, 6.45) is 13.1. The van der Waals surface area contributed by atoms with Crippen LogP contribution in [0.3, 0.4) is 0 Å². The van der Waals surface area contributed by atoms with E-state index in [9.17, 15) is 4.79 Å². The lowest BCUT2D eigenvalue weighted by Crippen LogP contribution is -2.25. The molecular formula is C24H33N7OS. The van der Waals surface area contributed by atoms with E-state index in [0.29, 0.717) is 18.2 Å². The molecule has 0 saturated heterocycles. The molecule has 1 N–H and O–H groups in total. The first-order chi connectivity index (χ1) is 16.2. The number of fused-ring (bicyclic) bond motifs is 3. The van der Waals surface area contributed by atoms with Crippen molar-refractivity contribution in [1.29, 1.82) is 0 Å². The largest absolute Gasteiger partial charge is 0.352 e. The SMILES string of the molecule is CSc1nnc(CCCNC(=O)c2cc(C)nc3c2nc2n3CCCCC2)n1C1CCCC1. The Labute approximate surface area is 199 Å². The van der Waals surface area contributed by atoms with Crippen LogP contribution in [0.25, 0.3) is 11.2 Å². The molecule has 0 bridgehead atoms. The Morgan fingerprint density at radius 3 is 2.82 bits per heavy atom. The summed E-state index contributed by atoms with van der Waals surface area (Å²) in [5, 5.41) is 13.0. The zero-order valence-corrected chi connectivity index (χ0v) is 20.5. The van der Waals surface area contributed by atoms with Gasteiger partial charge in [0.25, 0.3) is 5.91 Å². The average Bonchev–Trinajstić information content (AvgIpc) is 3.51. The third-order valence-corrected chi connectivity index (χ3v) is 7.55. The number of amides is 1. The smallest absolute Gasteiger partial charge is 0.253 e. The molecule has 1 aliphatic heterocycles. The van der Waals surface area contributed by atoms with Gasteiger partial charge in [-0.15, -0.1) is 10.2 Å². The van der Waals surface area contributed by atoms with Crippen LogP contribution in [-0.4, -0.2) is 48.0 Å². The molecule has 1 aliphatic carbocycles. The van der Waals surface area contributed by atoms with Gasteiger partial charge in [-0.1, -0.05) is 31.0 Å². The number of carbonyl (C=O) groups is 1. The third-order valence-electron chi connectivity index (χ3n) is 6.91. The van der Waals surface area contributed by atoms with E-state index < -0.39 is 0 Å². The highest BCUT2D eigenvalue weighted by Crippen LogP contribution is 2.33. The Kier molecular flexibility index (Phi) is 6.66. The molecule has 4 heterocycles. The summed E-state index contributed by atoms with van der Waals surface area (Å²) < 4.78 is 4.55. The van der Waals surface area contributed by atoms with Gasteiger partial charge in [0.05, 0.1) is 5.56 Å². The lowest BCUT2D eigenvalue weighted by molar-refractivity contribution is 0.0954. The molecule has 0 unspecified atom stereocenters. The van der Waals surface area contributed by atoms with Gasteiger partial charge in [0.1, 0.15) is 17.2 Å². The maximum Gasteiger partial charge on any atom is 0.253 e. The van der Waals surface area contributed by atoms with Crippen molar-refractivity contribution in [1.82, 2.24) is 34.6 Å². The van der Waals surface area contributed by atoms with Gasteiger partial charge in [-0.05, 0) is 51.3 Å². The van der Waals surface area contributed by atoms with Crippen molar-refractivity contribution < 1.29 is 4.79 Å². The van der Waals surface area contributed by atoms with E-state index >= 15 is 0 Å². The van der Waals surface area contributed by atoms with Gasteiger partial charge >= 0.3 is 0 Å².